The van der Waals surface area contributed by atoms with Gasteiger partial charge in [0.05, 0.1) is 6.61 Å². The van der Waals surface area contributed by atoms with E-state index in [1.807, 2.05) is 0 Å². The maximum Gasteiger partial charge on any atom is 0.213 e. The molecule has 1 nitrogen and oxygen atoms in total. The minimum Gasteiger partial charge on any atom is -0.377 e. The van der Waals surface area contributed by atoms with Crippen molar-refractivity contribution >= 4 is 34.8 Å². The van der Waals surface area contributed by atoms with Crippen molar-refractivity contribution in [2.75, 3.05) is 13.2 Å². The second-order valence-electron chi connectivity index (χ2n) is 2.73. The molecule has 0 rings (SSSR count). The van der Waals surface area contributed by atoms with E-state index in [-0.39, 0.29) is 6.61 Å². The van der Waals surface area contributed by atoms with Crippen LogP contribution in [0.25, 0.3) is 0 Å². The maximum atomic E-state index is 5.48. The zero-order chi connectivity index (χ0) is 9.45. The SMILES string of the molecule is CCCCCCOCC(Cl)(Cl)Cl. The van der Waals surface area contributed by atoms with Crippen LogP contribution < -0.4 is 0 Å². The van der Waals surface area contributed by atoms with Crippen LogP contribution in [-0.4, -0.2) is 17.0 Å². The largest absolute Gasteiger partial charge is 0.377 e. The van der Waals surface area contributed by atoms with Gasteiger partial charge in [-0.15, -0.1) is 0 Å². The lowest BCUT2D eigenvalue weighted by molar-refractivity contribution is 0.135. The van der Waals surface area contributed by atoms with Crippen LogP contribution in [0.1, 0.15) is 32.6 Å². The van der Waals surface area contributed by atoms with Gasteiger partial charge in [-0.2, -0.15) is 0 Å². The summed E-state index contributed by atoms with van der Waals surface area (Å²) in [4.78, 5) is 0. The third-order valence-corrected chi connectivity index (χ3v) is 1.74. The summed E-state index contributed by atoms with van der Waals surface area (Å²) < 4.78 is 3.89. The Morgan fingerprint density at radius 1 is 1.08 bits per heavy atom. The van der Waals surface area contributed by atoms with E-state index in [1.54, 1.807) is 0 Å². The highest BCUT2D eigenvalue weighted by Gasteiger charge is 2.18. The quantitative estimate of drug-likeness (QED) is 0.498. The minimum atomic E-state index is -1.26. The highest BCUT2D eigenvalue weighted by molar-refractivity contribution is 6.67. The van der Waals surface area contributed by atoms with Gasteiger partial charge < -0.3 is 4.74 Å². The molecule has 0 spiro atoms. The summed E-state index contributed by atoms with van der Waals surface area (Å²) in [6.07, 6.45) is 4.71. The number of rotatable bonds is 6. The smallest absolute Gasteiger partial charge is 0.213 e. The summed E-state index contributed by atoms with van der Waals surface area (Å²) in [6, 6.07) is 0. The summed E-state index contributed by atoms with van der Waals surface area (Å²) in [7, 11) is 0. The molecule has 0 heterocycles. The van der Waals surface area contributed by atoms with Gasteiger partial charge in [0.2, 0.25) is 3.79 Å². The first-order valence-corrected chi connectivity index (χ1v) is 5.34. The van der Waals surface area contributed by atoms with Gasteiger partial charge in [0.1, 0.15) is 0 Å². The van der Waals surface area contributed by atoms with Gasteiger partial charge in [-0.3, -0.25) is 0 Å². The Hall–Kier alpha value is 0.830. The number of unbranched alkanes of at least 4 members (excludes halogenated alkanes) is 3. The molecule has 4 heteroatoms. The second kappa shape index (κ2) is 7.25. The molecule has 0 saturated heterocycles. The van der Waals surface area contributed by atoms with Crippen molar-refractivity contribution in [1.82, 2.24) is 0 Å². The molecule has 0 amide bonds. The molecule has 0 aliphatic heterocycles. The first-order chi connectivity index (χ1) is 5.56. The van der Waals surface area contributed by atoms with Crippen LogP contribution in [-0.2, 0) is 4.74 Å². The Bertz CT molecular complexity index is 101. The standard InChI is InChI=1S/C8H15Cl3O/c1-2-3-4-5-6-12-7-8(9,10)11/h2-7H2,1H3. The van der Waals surface area contributed by atoms with Crippen LogP contribution in [0.4, 0.5) is 0 Å². The Morgan fingerprint density at radius 2 is 1.75 bits per heavy atom. The van der Waals surface area contributed by atoms with E-state index < -0.39 is 3.79 Å². The van der Waals surface area contributed by atoms with Crippen molar-refractivity contribution in [2.45, 2.75) is 36.4 Å². The normalized spacial score (nSPS) is 12.0. The molecule has 0 N–H and O–H groups in total. The molecule has 0 aliphatic rings. The monoisotopic (exact) mass is 232 g/mol. The molecule has 0 aliphatic carbocycles. The number of hydrogen-bond acceptors (Lipinski definition) is 1. The molecule has 0 bridgehead atoms. The zero-order valence-electron chi connectivity index (χ0n) is 7.28. The van der Waals surface area contributed by atoms with Crippen molar-refractivity contribution in [2.24, 2.45) is 0 Å². The average molecular weight is 234 g/mol. The Morgan fingerprint density at radius 3 is 2.25 bits per heavy atom. The van der Waals surface area contributed by atoms with Crippen LogP contribution in [0.15, 0.2) is 0 Å². The lowest BCUT2D eigenvalue weighted by atomic mass is 10.2. The molecular weight excluding hydrogens is 218 g/mol. The van der Waals surface area contributed by atoms with E-state index in [0.29, 0.717) is 6.61 Å². The van der Waals surface area contributed by atoms with E-state index >= 15 is 0 Å². The molecule has 12 heavy (non-hydrogen) atoms. The van der Waals surface area contributed by atoms with Crippen LogP contribution in [0.2, 0.25) is 0 Å². The molecular formula is C8H15Cl3O. The van der Waals surface area contributed by atoms with Crippen molar-refractivity contribution in [3.63, 3.8) is 0 Å². The summed E-state index contributed by atoms with van der Waals surface area (Å²) in [5.41, 5.74) is 0. The van der Waals surface area contributed by atoms with Crippen LogP contribution in [0, 0.1) is 0 Å². The molecule has 0 aromatic carbocycles. The number of halogens is 3. The number of hydrogen-bond donors (Lipinski definition) is 0. The Kier molecular flexibility index (Phi) is 7.76. The second-order valence-corrected chi connectivity index (χ2v) is 5.24. The number of ether oxygens (including phenoxy) is 1. The summed E-state index contributed by atoms with van der Waals surface area (Å²) in [6.45, 7) is 3.04. The van der Waals surface area contributed by atoms with Gasteiger partial charge in [-0.25, -0.2) is 0 Å². The van der Waals surface area contributed by atoms with E-state index in [1.165, 1.54) is 19.3 Å². The molecule has 0 radical (unpaired) electrons. The lowest BCUT2D eigenvalue weighted by Gasteiger charge is -2.10. The predicted octanol–water partition coefficient (Wildman–Crippen LogP) is 3.95. The fraction of sp³-hybridized carbons (Fsp3) is 1.00. The van der Waals surface area contributed by atoms with Gasteiger partial charge in [0.15, 0.2) is 0 Å². The molecule has 0 aromatic rings. The highest BCUT2D eigenvalue weighted by Crippen LogP contribution is 2.25. The van der Waals surface area contributed by atoms with Crippen LogP contribution in [0.5, 0.6) is 0 Å². The van der Waals surface area contributed by atoms with Gasteiger partial charge in [-0.05, 0) is 6.42 Å². The summed E-state index contributed by atoms with van der Waals surface area (Å²) in [5, 5.41) is 0. The number of alkyl halides is 3. The van der Waals surface area contributed by atoms with Crippen LogP contribution >= 0.6 is 34.8 Å². The third-order valence-electron chi connectivity index (χ3n) is 1.41. The zero-order valence-corrected chi connectivity index (χ0v) is 9.55. The van der Waals surface area contributed by atoms with E-state index in [2.05, 4.69) is 6.92 Å². The molecule has 0 fully saturated rings. The fourth-order valence-corrected chi connectivity index (χ4v) is 1.05. The summed E-state index contributed by atoms with van der Waals surface area (Å²) >= 11 is 16.4. The average Bonchev–Trinajstić information content (AvgIpc) is 1.94. The van der Waals surface area contributed by atoms with E-state index in [4.69, 9.17) is 39.5 Å². The minimum absolute atomic E-state index is 0.184. The Labute approximate surface area is 89.3 Å². The molecule has 0 atom stereocenters. The summed E-state index contributed by atoms with van der Waals surface area (Å²) in [5.74, 6) is 0. The van der Waals surface area contributed by atoms with Gasteiger partial charge in [0.25, 0.3) is 0 Å². The lowest BCUT2D eigenvalue weighted by Crippen LogP contribution is -2.13. The van der Waals surface area contributed by atoms with Crippen molar-refractivity contribution in [1.29, 1.82) is 0 Å². The molecule has 0 unspecified atom stereocenters. The Balaban J connectivity index is 3.01. The van der Waals surface area contributed by atoms with Gasteiger partial charge in [-0.1, -0.05) is 61.0 Å². The van der Waals surface area contributed by atoms with Crippen molar-refractivity contribution in [3.8, 4) is 0 Å². The highest BCUT2D eigenvalue weighted by atomic mass is 35.6. The predicted molar refractivity (Wildman–Crippen MR) is 55.3 cm³/mol. The van der Waals surface area contributed by atoms with E-state index in [9.17, 15) is 0 Å². The molecule has 0 saturated carbocycles. The van der Waals surface area contributed by atoms with Crippen molar-refractivity contribution < 1.29 is 4.74 Å². The van der Waals surface area contributed by atoms with Gasteiger partial charge >= 0.3 is 0 Å². The first-order valence-electron chi connectivity index (χ1n) is 4.20. The van der Waals surface area contributed by atoms with Crippen molar-refractivity contribution in [3.05, 3.63) is 0 Å². The van der Waals surface area contributed by atoms with Crippen LogP contribution in [0.3, 0.4) is 0 Å². The maximum absolute atomic E-state index is 5.48. The first kappa shape index (κ1) is 12.8. The van der Waals surface area contributed by atoms with Gasteiger partial charge in [0, 0.05) is 6.61 Å². The third kappa shape index (κ3) is 10.8. The topological polar surface area (TPSA) is 9.23 Å². The van der Waals surface area contributed by atoms with E-state index in [0.717, 1.165) is 6.42 Å². The molecule has 74 valence electrons. The fourth-order valence-electron chi connectivity index (χ4n) is 0.819. The molecule has 0 aromatic heterocycles.